The molecular formula is C25H25N3O. The van der Waals surface area contributed by atoms with Gasteiger partial charge >= 0.3 is 6.03 Å². The van der Waals surface area contributed by atoms with E-state index in [0.717, 1.165) is 37.3 Å². The average Bonchev–Trinajstić information content (AvgIpc) is 3.01. The molecule has 0 atom stereocenters. The first-order valence-corrected chi connectivity index (χ1v) is 10.4. The molecule has 0 fully saturated rings. The van der Waals surface area contributed by atoms with Crippen molar-refractivity contribution < 1.29 is 4.79 Å². The molecule has 0 spiro atoms. The van der Waals surface area contributed by atoms with Gasteiger partial charge in [-0.05, 0) is 53.3 Å². The van der Waals surface area contributed by atoms with Crippen LogP contribution in [0.3, 0.4) is 0 Å². The Morgan fingerprint density at radius 1 is 0.828 bits per heavy atom. The first-order chi connectivity index (χ1) is 14.3. The Hall–Kier alpha value is -3.27. The van der Waals surface area contributed by atoms with E-state index >= 15 is 0 Å². The topological polar surface area (TPSA) is 35.6 Å². The lowest BCUT2D eigenvalue weighted by Crippen LogP contribution is -2.46. The molecule has 0 aliphatic carbocycles. The van der Waals surface area contributed by atoms with E-state index in [9.17, 15) is 4.79 Å². The summed E-state index contributed by atoms with van der Waals surface area (Å²) in [4.78, 5) is 17.4. The third kappa shape index (κ3) is 3.46. The molecule has 0 saturated carbocycles. The zero-order valence-electron chi connectivity index (χ0n) is 16.5. The predicted molar refractivity (Wildman–Crippen MR) is 118 cm³/mol. The standard InChI is InChI=1S/C25H25N3O/c29-25(28-15-6-10-20-9-4-5-11-24(20)28)27-16-14-26-23-13-12-21(17-22(23)18-27)19-7-2-1-3-8-19/h1-5,7-9,11-13,17,26H,6,10,14-16,18H2. The van der Waals surface area contributed by atoms with Crippen molar-refractivity contribution in [3.8, 4) is 11.1 Å². The third-order valence-corrected chi connectivity index (χ3v) is 5.88. The summed E-state index contributed by atoms with van der Waals surface area (Å²) in [6.45, 7) is 2.88. The maximum Gasteiger partial charge on any atom is 0.324 e. The molecule has 2 heterocycles. The Morgan fingerprint density at radius 3 is 2.55 bits per heavy atom. The van der Waals surface area contributed by atoms with Crippen LogP contribution < -0.4 is 10.2 Å². The summed E-state index contributed by atoms with van der Waals surface area (Å²) in [6.07, 6.45) is 2.06. The minimum absolute atomic E-state index is 0.108. The summed E-state index contributed by atoms with van der Waals surface area (Å²) < 4.78 is 0. The van der Waals surface area contributed by atoms with Crippen LogP contribution in [-0.2, 0) is 13.0 Å². The minimum Gasteiger partial charge on any atom is -0.383 e. The summed E-state index contributed by atoms with van der Waals surface area (Å²) in [5, 5.41) is 3.50. The summed E-state index contributed by atoms with van der Waals surface area (Å²) in [5.74, 6) is 0. The van der Waals surface area contributed by atoms with Gasteiger partial charge in [0, 0.05) is 37.6 Å². The molecule has 5 rings (SSSR count). The van der Waals surface area contributed by atoms with Gasteiger partial charge < -0.3 is 10.2 Å². The summed E-state index contributed by atoms with van der Waals surface area (Å²) in [6, 6.07) is 25.3. The molecule has 3 aromatic rings. The van der Waals surface area contributed by atoms with E-state index in [1.807, 2.05) is 21.9 Å². The highest BCUT2D eigenvalue weighted by Crippen LogP contribution is 2.30. The predicted octanol–water partition coefficient (Wildman–Crippen LogP) is 5.15. The molecule has 0 aromatic heterocycles. The van der Waals surface area contributed by atoms with Gasteiger partial charge in [-0.3, -0.25) is 4.90 Å². The van der Waals surface area contributed by atoms with Crippen LogP contribution in [0, 0.1) is 0 Å². The fourth-order valence-electron chi connectivity index (χ4n) is 4.38. The number of rotatable bonds is 1. The Kier molecular flexibility index (Phi) is 4.68. The lowest BCUT2D eigenvalue weighted by molar-refractivity contribution is 0.204. The SMILES string of the molecule is O=C(N1CCNc2ccc(-c3ccccc3)cc2C1)N1CCCc2ccccc21. The summed E-state index contributed by atoms with van der Waals surface area (Å²) >= 11 is 0. The van der Waals surface area contributed by atoms with Gasteiger partial charge in [-0.15, -0.1) is 0 Å². The van der Waals surface area contributed by atoms with Gasteiger partial charge in [-0.2, -0.15) is 0 Å². The smallest absolute Gasteiger partial charge is 0.324 e. The first-order valence-electron chi connectivity index (χ1n) is 10.4. The maximum absolute atomic E-state index is 13.5. The van der Waals surface area contributed by atoms with Gasteiger partial charge in [0.15, 0.2) is 0 Å². The van der Waals surface area contributed by atoms with E-state index in [-0.39, 0.29) is 6.03 Å². The lowest BCUT2D eigenvalue weighted by atomic mass is 10.0. The molecule has 0 bridgehead atoms. The quantitative estimate of drug-likeness (QED) is 0.630. The van der Waals surface area contributed by atoms with Crippen molar-refractivity contribution in [2.75, 3.05) is 29.9 Å². The second-order valence-electron chi connectivity index (χ2n) is 7.75. The van der Waals surface area contributed by atoms with Crippen molar-refractivity contribution >= 4 is 17.4 Å². The molecule has 3 aromatic carbocycles. The van der Waals surface area contributed by atoms with Gasteiger partial charge in [-0.1, -0.05) is 54.6 Å². The van der Waals surface area contributed by atoms with E-state index in [1.165, 1.54) is 22.3 Å². The van der Waals surface area contributed by atoms with Gasteiger partial charge in [-0.25, -0.2) is 4.79 Å². The van der Waals surface area contributed by atoms with Crippen LogP contribution in [0.1, 0.15) is 17.5 Å². The Balaban J connectivity index is 1.43. The third-order valence-electron chi connectivity index (χ3n) is 5.88. The van der Waals surface area contributed by atoms with Crippen LogP contribution in [-0.4, -0.2) is 30.6 Å². The number of amides is 2. The van der Waals surface area contributed by atoms with E-state index in [1.54, 1.807) is 0 Å². The molecule has 1 N–H and O–H groups in total. The lowest BCUT2D eigenvalue weighted by Gasteiger charge is -2.34. The average molecular weight is 383 g/mol. The van der Waals surface area contributed by atoms with Gasteiger partial charge in [0.1, 0.15) is 0 Å². The van der Waals surface area contributed by atoms with Crippen LogP contribution in [0.5, 0.6) is 0 Å². The molecule has 0 unspecified atom stereocenters. The van der Waals surface area contributed by atoms with Gasteiger partial charge in [0.2, 0.25) is 0 Å². The summed E-state index contributed by atoms with van der Waals surface area (Å²) in [7, 11) is 0. The van der Waals surface area contributed by atoms with E-state index in [2.05, 4.69) is 66.0 Å². The molecule has 4 heteroatoms. The number of para-hydroxylation sites is 1. The molecule has 4 nitrogen and oxygen atoms in total. The molecule has 29 heavy (non-hydrogen) atoms. The largest absolute Gasteiger partial charge is 0.383 e. The molecule has 2 amide bonds. The number of benzene rings is 3. The molecule has 0 saturated heterocycles. The van der Waals surface area contributed by atoms with Crippen molar-refractivity contribution in [2.24, 2.45) is 0 Å². The molecular weight excluding hydrogens is 358 g/mol. The zero-order valence-corrected chi connectivity index (χ0v) is 16.5. The van der Waals surface area contributed by atoms with Crippen LogP contribution in [0.25, 0.3) is 11.1 Å². The van der Waals surface area contributed by atoms with Crippen LogP contribution in [0.15, 0.2) is 72.8 Å². The fraction of sp³-hybridized carbons (Fsp3) is 0.240. The number of carbonyl (C=O) groups is 1. The fourth-order valence-corrected chi connectivity index (χ4v) is 4.38. The van der Waals surface area contributed by atoms with Crippen molar-refractivity contribution in [3.63, 3.8) is 0 Å². The number of nitrogens with one attached hydrogen (secondary N) is 1. The highest BCUT2D eigenvalue weighted by atomic mass is 16.2. The molecule has 0 radical (unpaired) electrons. The Bertz CT molecular complexity index is 1030. The summed E-state index contributed by atoms with van der Waals surface area (Å²) in [5.41, 5.74) is 7.01. The minimum atomic E-state index is 0.108. The number of hydrogen-bond acceptors (Lipinski definition) is 2. The normalized spacial score (nSPS) is 15.7. The molecule has 146 valence electrons. The number of urea groups is 1. The van der Waals surface area contributed by atoms with E-state index < -0.39 is 0 Å². The number of aryl methyl sites for hydroxylation is 1. The number of hydrogen-bond donors (Lipinski definition) is 1. The highest BCUT2D eigenvalue weighted by molar-refractivity contribution is 5.93. The van der Waals surface area contributed by atoms with Crippen LogP contribution in [0.4, 0.5) is 16.2 Å². The zero-order chi connectivity index (χ0) is 19.6. The number of carbonyl (C=O) groups excluding carboxylic acids is 1. The molecule has 2 aliphatic rings. The molecule has 2 aliphatic heterocycles. The second-order valence-corrected chi connectivity index (χ2v) is 7.75. The Morgan fingerprint density at radius 2 is 1.66 bits per heavy atom. The number of nitrogens with zero attached hydrogens (tertiary/aromatic N) is 2. The maximum atomic E-state index is 13.5. The highest BCUT2D eigenvalue weighted by Gasteiger charge is 2.28. The second kappa shape index (κ2) is 7.63. The number of fused-ring (bicyclic) bond motifs is 2. The monoisotopic (exact) mass is 383 g/mol. The van der Waals surface area contributed by atoms with Gasteiger partial charge in [0.05, 0.1) is 0 Å². The van der Waals surface area contributed by atoms with Crippen molar-refractivity contribution in [1.82, 2.24) is 4.90 Å². The van der Waals surface area contributed by atoms with Crippen molar-refractivity contribution in [3.05, 3.63) is 83.9 Å². The Labute approximate surface area is 171 Å². The van der Waals surface area contributed by atoms with Crippen molar-refractivity contribution in [2.45, 2.75) is 19.4 Å². The van der Waals surface area contributed by atoms with Crippen LogP contribution >= 0.6 is 0 Å². The van der Waals surface area contributed by atoms with E-state index in [0.29, 0.717) is 13.1 Å². The first kappa shape index (κ1) is 17.8. The van der Waals surface area contributed by atoms with Gasteiger partial charge in [0.25, 0.3) is 0 Å². The van der Waals surface area contributed by atoms with E-state index in [4.69, 9.17) is 0 Å². The van der Waals surface area contributed by atoms with Crippen molar-refractivity contribution in [1.29, 1.82) is 0 Å². The van der Waals surface area contributed by atoms with Crippen LogP contribution in [0.2, 0.25) is 0 Å². The number of anilines is 2.